The third-order valence-corrected chi connectivity index (χ3v) is 4.23. The van der Waals surface area contributed by atoms with Crippen LogP contribution in [-0.4, -0.2) is 17.5 Å². The van der Waals surface area contributed by atoms with Crippen LogP contribution in [0.5, 0.6) is 0 Å². The van der Waals surface area contributed by atoms with Crippen LogP contribution < -0.4 is 5.32 Å². The average molecular weight is 364 g/mol. The van der Waals surface area contributed by atoms with Crippen molar-refractivity contribution in [3.8, 4) is 0 Å². The molecule has 1 heterocycles. The molecule has 3 rings (SSSR count). The Morgan fingerprint density at radius 2 is 2.00 bits per heavy atom. The van der Waals surface area contributed by atoms with Gasteiger partial charge in [0.25, 0.3) is 0 Å². The van der Waals surface area contributed by atoms with E-state index in [0.717, 1.165) is 24.1 Å². The molecule has 1 amide bonds. The molecule has 4 nitrogen and oxygen atoms in total. The molecule has 1 aliphatic carbocycles. The molecule has 1 N–H and O–H groups in total. The summed E-state index contributed by atoms with van der Waals surface area (Å²) in [6, 6.07) is 5.66. The van der Waals surface area contributed by atoms with Crippen molar-refractivity contribution >= 4 is 29.2 Å². The number of hydrogen-bond donors (Lipinski definition) is 1. The lowest BCUT2D eigenvalue weighted by Gasteiger charge is -2.17. The fourth-order valence-corrected chi connectivity index (χ4v) is 3.33. The number of carbonyl (C=O) groups is 2. The summed E-state index contributed by atoms with van der Waals surface area (Å²) in [4.78, 5) is 22.3. The molecule has 0 fully saturated rings. The topological polar surface area (TPSA) is 55.4 Å². The van der Waals surface area contributed by atoms with Gasteiger partial charge in [0.1, 0.15) is 5.60 Å². The summed E-state index contributed by atoms with van der Waals surface area (Å²) < 4.78 is 4.80. The maximum absolute atomic E-state index is 12.0. The number of carbonyl (C=O) groups excluding carboxylic acids is 2. The first kappa shape index (κ1) is 19.5. The Labute approximate surface area is 154 Å². The van der Waals surface area contributed by atoms with E-state index in [1.807, 2.05) is 39.0 Å². The molecule has 0 aromatic heterocycles. The zero-order chi connectivity index (χ0) is 18.6. The lowest BCUT2D eigenvalue weighted by atomic mass is 9.85. The minimum Gasteiger partial charge on any atom is -0.460 e. The summed E-state index contributed by atoms with van der Waals surface area (Å²) in [5, 5.41) is 3.59. The number of esters is 1. The minimum absolute atomic E-state index is 0.0810. The van der Waals surface area contributed by atoms with Crippen molar-refractivity contribution in [3.05, 3.63) is 40.4 Å². The van der Waals surface area contributed by atoms with Crippen LogP contribution in [0.2, 0.25) is 5.02 Å². The Morgan fingerprint density at radius 3 is 2.52 bits per heavy atom. The molecular formula is C20H26ClNO3. The van der Waals surface area contributed by atoms with Crippen LogP contribution in [0.15, 0.2) is 29.8 Å². The Hall–Kier alpha value is -1.81. The maximum Gasteiger partial charge on any atom is 0.303 e. The SMILES string of the molecule is CC(=O)OC(C)(C)C.O=C1Nc2cc(Cl)ccc2C1C1=CCCCC1. The predicted molar refractivity (Wildman–Crippen MR) is 101 cm³/mol. The molecule has 1 aromatic rings. The van der Waals surface area contributed by atoms with E-state index in [4.69, 9.17) is 16.3 Å². The summed E-state index contributed by atoms with van der Waals surface area (Å²) in [6.45, 7) is 6.93. The van der Waals surface area contributed by atoms with E-state index in [1.165, 1.54) is 25.3 Å². The molecular weight excluding hydrogens is 338 g/mol. The van der Waals surface area contributed by atoms with Gasteiger partial charge in [-0.15, -0.1) is 0 Å². The maximum atomic E-state index is 12.0. The molecule has 0 radical (unpaired) electrons. The Balaban J connectivity index is 0.000000242. The van der Waals surface area contributed by atoms with E-state index in [-0.39, 0.29) is 23.4 Å². The average Bonchev–Trinajstić information content (AvgIpc) is 2.81. The van der Waals surface area contributed by atoms with Crippen LogP contribution in [0.4, 0.5) is 5.69 Å². The van der Waals surface area contributed by atoms with E-state index in [9.17, 15) is 9.59 Å². The fourth-order valence-electron chi connectivity index (χ4n) is 3.16. The molecule has 1 aromatic carbocycles. The largest absolute Gasteiger partial charge is 0.460 e. The summed E-state index contributed by atoms with van der Waals surface area (Å²) >= 11 is 5.94. The smallest absolute Gasteiger partial charge is 0.303 e. The molecule has 1 atom stereocenters. The number of fused-ring (bicyclic) bond motifs is 1. The first-order chi connectivity index (χ1) is 11.7. The second-order valence-corrected chi connectivity index (χ2v) is 7.82. The lowest BCUT2D eigenvalue weighted by molar-refractivity contribution is -0.151. The summed E-state index contributed by atoms with van der Waals surface area (Å²) in [7, 11) is 0. The first-order valence-electron chi connectivity index (χ1n) is 8.66. The standard InChI is InChI=1S/C14H14ClNO.C6H12O2/c15-10-6-7-11-12(8-10)16-14(17)13(11)9-4-2-1-3-5-9;1-5(7)8-6(2,3)4/h4,6-8,13H,1-3,5H2,(H,16,17);1-4H3. The number of nitrogens with one attached hydrogen (secondary N) is 1. The van der Waals surface area contributed by atoms with Crippen LogP contribution in [0, 0.1) is 0 Å². The van der Waals surface area contributed by atoms with Crippen molar-refractivity contribution in [2.75, 3.05) is 5.32 Å². The molecule has 1 aliphatic heterocycles. The minimum atomic E-state index is -0.328. The number of hydrogen-bond acceptors (Lipinski definition) is 3. The van der Waals surface area contributed by atoms with E-state index in [1.54, 1.807) is 0 Å². The monoisotopic (exact) mass is 363 g/mol. The molecule has 5 heteroatoms. The third kappa shape index (κ3) is 5.60. The van der Waals surface area contributed by atoms with E-state index >= 15 is 0 Å². The van der Waals surface area contributed by atoms with Gasteiger partial charge in [-0.05, 0) is 64.2 Å². The molecule has 0 bridgehead atoms. The van der Waals surface area contributed by atoms with Gasteiger partial charge in [-0.3, -0.25) is 9.59 Å². The van der Waals surface area contributed by atoms with Crippen LogP contribution in [0.1, 0.15) is 64.9 Å². The number of rotatable bonds is 1. The normalized spacial score (nSPS) is 19.2. The van der Waals surface area contributed by atoms with Gasteiger partial charge < -0.3 is 10.1 Å². The van der Waals surface area contributed by atoms with E-state index < -0.39 is 0 Å². The fraction of sp³-hybridized carbons (Fsp3) is 0.500. The Bertz CT molecular complexity index is 689. The van der Waals surface area contributed by atoms with Gasteiger partial charge in [0.2, 0.25) is 5.91 Å². The highest BCUT2D eigenvalue weighted by Crippen LogP contribution is 2.41. The molecule has 25 heavy (non-hydrogen) atoms. The van der Waals surface area contributed by atoms with E-state index in [2.05, 4.69) is 11.4 Å². The van der Waals surface area contributed by atoms with Crippen LogP contribution >= 0.6 is 11.6 Å². The highest BCUT2D eigenvalue weighted by Gasteiger charge is 2.33. The Kier molecular flexibility index (Phi) is 6.28. The number of ether oxygens (including phenoxy) is 1. The van der Waals surface area contributed by atoms with Crippen LogP contribution in [-0.2, 0) is 14.3 Å². The van der Waals surface area contributed by atoms with Gasteiger partial charge in [-0.25, -0.2) is 0 Å². The molecule has 136 valence electrons. The lowest BCUT2D eigenvalue weighted by Crippen LogP contribution is -2.21. The molecule has 2 aliphatic rings. The molecule has 0 saturated carbocycles. The Morgan fingerprint density at radius 1 is 1.28 bits per heavy atom. The van der Waals surface area contributed by atoms with Crippen molar-refractivity contribution in [2.45, 2.75) is 64.9 Å². The van der Waals surface area contributed by atoms with Gasteiger partial charge in [0.15, 0.2) is 0 Å². The molecule has 0 spiro atoms. The summed E-state index contributed by atoms with van der Waals surface area (Å²) in [6.07, 6.45) is 6.81. The number of halogens is 1. The van der Waals surface area contributed by atoms with Crippen molar-refractivity contribution in [1.82, 2.24) is 0 Å². The third-order valence-electron chi connectivity index (χ3n) is 3.99. The highest BCUT2D eigenvalue weighted by atomic mass is 35.5. The van der Waals surface area contributed by atoms with Crippen molar-refractivity contribution in [3.63, 3.8) is 0 Å². The molecule has 0 saturated heterocycles. The van der Waals surface area contributed by atoms with E-state index in [0.29, 0.717) is 5.02 Å². The predicted octanol–water partition coefficient (Wildman–Crippen LogP) is 5.22. The number of benzene rings is 1. The van der Waals surface area contributed by atoms with Gasteiger partial charge >= 0.3 is 5.97 Å². The van der Waals surface area contributed by atoms with Gasteiger partial charge in [0.05, 0.1) is 5.92 Å². The van der Waals surface area contributed by atoms with Crippen molar-refractivity contribution < 1.29 is 14.3 Å². The number of amides is 1. The zero-order valence-corrected chi connectivity index (χ0v) is 16.1. The molecule has 1 unspecified atom stereocenters. The number of allylic oxidation sites excluding steroid dienone is 1. The van der Waals surface area contributed by atoms with Gasteiger partial charge in [-0.1, -0.05) is 29.3 Å². The van der Waals surface area contributed by atoms with Crippen molar-refractivity contribution in [2.24, 2.45) is 0 Å². The van der Waals surface area contributed by atoms with Crippen LogP contribution in [0.3, 0.4) is 0 Å². The second-order valence-electron chi connectivity index (χ2n) is 7.38. The summed E-state index contributed by atoms with van der Waals surface area (Å²) in [5.74, 6) is -0.213. The highest BCUT2D eigenvalue weighted by molar-refractivity contribution is 6.31. The van der Waals surface area contributed by atoms with Gasteiger partial charge in [0, 0.05) is 17.6 Å². The second kappa shape index (κ2) is 8.05. The summed E-state index contributed by atoms with van der Waals surface area (Å²) in [5.41, 5.74) is 2.90. The number of anilines is 1. The quantitative estimate of drug-likeness (QED) is 0.549. The van der Waals surface area contributed by atoms with Gasteiger partial charge in [-0.2, -0.15) is 0 Å². The van der Waals surface area contributed by atoms with Crippen LogP contribution in [0.25, 0.3) is 0 Å². The van der Waals surface area contributed by atoms with Crippen molar-refractivity contribution in [1.29, 1.82) is 0 Å². The zero-order valence-electron chi connectivity index (χ0n) is 15.3. The first-order valence-corrected chi connectivity index (χ1v) is 9.04.